The zero-order valence-electron chi connectivity index (χ0n) is 18.6. The molecule has 0 spiro atoms. The van der Waals surface area contributed by atoms with Gasteiger partial charge in [0.2, 0.25) is 0 Å². The Kier molecular flexibility index (Phi) is 9.24. The van der Waals surface area contributed by atoms with Crippen molar-refractivity contribution in [2.45, 2.75) is 25.5 Å². The molecule has 2 aromatic rings. The second-order valence-corrected chi connectivity index (χ2v) is 7.77. The second kappa shape index (κ2) is 12.1. The summed E-state index contributed by atoms with van der Waals surface area (Å²) in [5, 5.41) is 3.28. The minimum atomic E-state index is -0.440. The number of nitrogens with zero attached hydrogens (tertiary/aromatic N) is 4. The van der Waals surface area contributed by atoms with Crippen LogP contribution in [0.25, 0.3) is 0 Å². The third-order valence-corrected chi connectivity index (χ3v) is 5.62. The lowest BCUT2D eigenvalue weighted by atomic mass is 10.2. The summed E-state index contributed by atoms with van der Waals surface area (Å²) in [6.45, 7) is 3.73. The SMILES string of the molecule is CN=C(NCc1ccc(Oc2cccnc2)c(F)c1)N1CCN(C(=O)C2CCCO2)CC1.I. The topological polar surface area (TPSA) is 79.3 Å². The van der Waals surface area contributed by atoms with Gasteiger partial charge < -0.3 is 24.6 Å². The van der Waals surface area contributed by atoms with E-state index in [2.05, 4.69) is 20.2 Å². The third-order valence-electron chi connectivity index (χ3n) is 5.62. The number of carbonyl (C=O) groups excluding carboxylic acids is 1. The molecule has 8 nitrogen and oxygen atoms in total. The number of hydrogen-bond acceptors (Lipinski definition) is 5. The fourth-order valence-electron chi connectivity index (χ4n) is 3.90. The third kappa shape index (κ3) is 6.53. The molecule has 33 heavy (non-hydrogen) atoms. The number of aliphatic imine (C=N–C) groups is 1. The van der Waals surface area contributed by atoms with Crippen molar-refractivity contribution in [3.05, 3.63) is 54.1 Å². The lowest BCUT2D eigenvalue weighted by molar-refractivity contribution is -0.142. The molecule has 2 aliphatic rings. The molecule has 0 saturated carbocycles. The molecule has 2 aliphatic heterocycles. The number of hydrogen-bond donors (Lipinski definition) is 1. The lowest BCUT2D eigenvalue weighted by Crippen LogP contribution is -2.55. The first kappa shape index (κ1) is 25.2. The van der Waals surface area contributed by atoms with Crippen molar-refractivity contribution < 1.29 is 18.7 Å². The predicted molar refractivity (Wildman–Crippen MR) is 133 cm³/mol. The van der Waals surface area contributed by atoms with Crippen LogP contribution in [-0.2, 0) is 16.1 Å². The molecule has 1 N–H and O–H groups in total. The van der Waals surface area contributed by atoms with E-state index >= 15 is 0 Å². The highest BCUT2D eigenvalue weighted by atomic mass is 127. The maximum absolute atomic E-state index is 14.5. The molecular formula is C23H29FIN5O3. The number of piperazine rings is 1. The molecule has 4 rings (SSSR count). The van der Waals surface area contributed by atoms with Gasteiger partial charge in [0, 0.05) is 52.6 Å². The maximum atomic E-state index is 14.5. The number of benzene rings is 1. The highest BCUT2D eigenvalue weighted by Gasteiger charge is 2.30. The van der Waals surface area contributed by atoms with Gasteiger partial charge in [-0.1, -0.05) is 6.07 Å². The van der Waals surface area contributed by atoms with E-state index in [1.54, 1.807) is 31.4 Å². The van der Waals surface area contributed by atoms with E-state index < -0.39 is 5.82 Å². The quantitative estimate of drug-likeness (QED) is 0.339. The molecule has 1 unspecified atom stereocenters. The zero-order valence-corrected chi connectivity index (χ0v) is 20.9. The van der Waals surface area contributed by atoms with Gasteiger partial charge in [0.05, 0.1) is 6.20 Å². The Morgan fingerprint density at radius 1 is 1.27 bits per heavy atom. The molecule has 3 heterocycles. The second-order valence-electron chi connectivity index (χ2n) is 7.77. The molecule has 1 aromatic carbocycles. The van der Waals surface area contributed by atoms with Crippen LogP contribution < -0.4 is 10.1 Å². The monoisotopic (exact) mass is 569 g/mol. The Morgan fingerprint density at radius 3 is 2.70 bits per heavy atom. The zero-order chi connectivity index (χ0) is 22.3. The summed E-state index contributed by atoms with van der Waals surface area (Å²) in [6.07, 6.45) is 4.65. The summed E-state index contributed by atoms with van der Waals surface area (Å²) in [7, 11) is 1.72. The van der Waals surface area contributed by atoms with Crippen LogP contribution in [0.4, 0.5) is 4.39 Å². The largest absolute Gasteiger partial charge is 0.453 e. The van der Waals surface area contributed by atoms with Crippen LogP contribution in [0.5, 0.6) is 11.5 Å². The van der Waals surface area contributed by atoms with Gasteiger partial charge in [-0.05, 0) is 42.7 Å². The number of amides is 1. The van der Waals surface area contributed by atoms with Crippen molar-refractivity contribution in [2.75, 3.05) is 39.8 Å². The number of nitrogens with one attached hydrogen (secondary N) is 1. The molecule has 178 valence electrons. The Morgan fingerprint density at radius 2 is 2.06 bits per heavy atom. The van der Waals surface area contributed by atoms with Gasteiger partial charge in [0.15, 0.2) is 17.5 Å². The van der Waals surface area contributed by atoms with Gasteiger partial charge >= 0.3 is 0 Å². The highest BCUT2D eigenvalue weighted by Crippen LogP contribution is 2.24. The number of aromatic nitrogens is 1. The van der Waals surface area contributed by atoms with Crippen LogP contribution >= 0.6 is 24.0 Å². The van der Waals surface area contributed by atoms with Crippen molar-refractivity contribution in [3.63, 3.8) is 0 Å². The smallest absolute Gasteiger partial charge is 0.251 e. The van der Waals surface area contributed by atoms with E-state index in [1.165, 1.54) is 12.3 Å². The van der Waals surface area contributed by atoms with Crippen molar-refractivity contribution in [3.8, 4) is 11.5 Å². The average Bonchev–Trinajstić information content (AvgIpc) is 3.37. The number of carbonyl (C=O) groups is 1. The van der Waals surface area contributed by atoms with E-state index in [9.17, 15) is 9.18 Å². The van der Waals surface area contributed by atoms with Crippen LogP contribution in [0.3, 0.4) is 0 Å². The van der Waals surface area contributed by atoms with Crippen LogP contribution in [0, 0.1) is 5.82 Å². The average molecular weight is 569 g/mol. The standard InChI is InChI=1S/C23H28FN5O3.HI/c1-25-23(29-11-9-28(10-12-29)22(30)21-5-3-13-31-21)27-15-17-6-7-20(19(24)14-17)32-18-4-2-8-26-16-18;/h2,4,6-8,14,16,21H,3,5,9-13,15H2,1H3,(H,25,27);1H. The first-order valence-corrected chi connectivity index (χ1v) is 10.9. The first-order valence-electron chi connectivity index (χ1n) is 10.9. The van der Waals surface area contributed by atoms with Gasteiger partial charge in [0.1, 0.15) is 11.9 Å². The number of pyridine rings is 1. The van der Waals surface area contributed by atoms with Gasteiger partial charge in [-0.15, -0.1) is 24.0 Å². The Labute approximate surface area is 210 Å². The summed E-state index contributed by atoms with van der Waals surface area (Å²) in [6, 6.07) is 8.32. The molecule has 2 fully saturated rings. The number of guanidine groups is 1. The van der Waals surface area contributed by atoms with Crippen molar-refractivity contribution in [1.29, 1.82) is 0 Å². The maximum Gasteiger partial charge on any atom is 0.251 e. The molecule has 0 radical (unpaired) electrons. The minimum absolute atomic E-state index is 0. The summed E-state index contributed by atoms with van der Waals surface area (Å²) in [5.41, 5.74) is 0.773. The van der Waals surface area contributed by atoms with Crippen molar-refractivity contribution >= 4 is 35.8 Å². The fraction of sp³-hybridized carbons (Fsp3) is 0.435. The van der Waals surface area contributed by atoms with E-state index in [0.717, 1.165) is 24.4 Å². The van der Waals surface area contributed by atoms with E-state index in [4.69, 9.17) is 9.47 Å². The lowest BCUT2D eigenvalue weighted by Gasteiger charge is -2.37. The van der Waals surface area contributed by atoms with Gasteiger partial charge in [0.25, 0.3) is 5.91 Å². The molecule has 0 aliphatic carbocycles. The first-order chi connectivity index (χ1) is 15.6. The van der Waals surface area contributed by atoms with E-state index in [1.807, 2.05) is 11.0 Å². The Bertz CT molecular complexity index is 948. The molecule has 10 heteroatoms. The van der Waals surface area contributed by atoms with Crippen molar-refractivity contribution in [1.82, 2.24) is 20.1 Å². The van der Waals surface area contributed by atoms with E-state index in [0.29, 0.717) is 45.1 Å². The molecule has 2 saturated heterocycles. The Hall–Kier alpha value is -2.47. The molecular weight excluding hydrogens is 540 g/mol. The Balaban J connectivity index is 0.00000306. The number of rotatable bonds is 5. The predicted octanol–water partition coefficient (Wildman–Crippen LogP) is 3.03. The molecule has 1 amide bonds. The van der Waals surface area contributed by atoms with Crippen LogP contribution in [0.1, 0.15) is 18.4 Å². The summed E-state index contributed by atoms with van der Waals surface area (Å²) < 4.78 is 25.5. The van der Waals surface area contributed by atoms with E-state index in [-0.39, 0.29) is 41.7 Å². The molecule has 0 bridgehead atoms. The normalized spacial score (nSPS) is 18.6. The minimum Gasteiger partial charge on any atom is -0.453 e. The fourth-order valence-corrected chi connectivity index (χ4v) is 3.90. The van der Waals surface area contributed by atoms with Gasteiger partial charge in [-0.2, -0.15) is 0 Å². The molecule has 1 atom stereocenters. The van der Waals surface area contributed by atoms with Crippen LogP contribution in [0.2, 0.25) is 0 Å². The summed E-state index contributed by atoms with van der Waals surface area (Å²) >= 11 is 0. The number of ether oxygens (including phenoxy) is 2. The van der Waals surface area contributed by atoms with Crippen LogP contribution in [-0.4, -0.2) is 72.6 Å². The van der Waals surface area contributed by atoms with Crippen LogP contribution in [0.15, 0.2) is 47.7 Å². The summed E-state index contributed by atoms with van der Waals surface area (Å²) in [5.74, 6) is 1.01. The summed E-state index contributed by atoms with van der Waals surface area (Å²) in [4.78, 5) is 24.8. The van der Waals surface area contributed by atoms with Gasteiger partial charge in [-0.3, -0.25) is 14.8 Å². The number of halogens is 2. The highest BCUT2D eigenvalue weighted by molar-refractivity contribution is 14.0. The molecule has 1 aromatic heterocycles. The van der Waals surface area contributed by atoms with Gasteiger partial charge in [-0.25, -0.2) is 4.39 Å². The van der Waals surface area contributed by atoms with Crippen molar-refractivity contribution in [2.24, 2.45) is 4.99 Å².